The first-order valence-electron chi connectivity index (χ1n) is 5.66. The molecule has 1 heterocycles. The number of aromatic nitrogens is 1. The Hall–Kier alpha value is -1.79. The Kier molecular flexibility index (Phi) is 4.24. The zero-order chi connectivity index (χ0) is 13.8. The number of methoxy groups -OCH3 is 3. The molecule has 2 rings (SSSR count). The van der Waals surface area contributed by atoms with Gasteiger partial charge in [0.15, 0.2) is 11.5 Å². The van der Waals surface area contributed by atoms with Crippen molar-refractivity contribution in [1.29, 1.82) is 0 Å². The first kappa shape index (κ1) is 13.6. The summed E-state index contributed by atoms with van der Waals surface area (Å²) < 4.78 is 15.9. The van der Waals surface area contributed by atoms with Crippen molar-refractivity contribution in [3.63, 3.8) is 0 Å². The summed E-state index contributed by atoms with van der Waals surface area (Å²) in [5.74, 6) is 1.73. The van der Waals surface area contributed by atoms with Gasteiger partial charge >= 0.3 is 0 Å². The second kappa shape index (κ2) is 5.90. The summed E-state index contributed by atoms with van der Waals surface area (Å²) in [5, 5.41) is 2.74. The van der Waals surface area contributed by atoms with E-state index >= 15 is 0 Å². The summed E-state index contributed by atoms with van der Waals surface area (Å²) in [7, 11) is 4.73. The van der Waals surface area contributed by atoms with E-state index in [1.165, 1.54) is 11.3 Å². The van der Waals surface area contributed by atoms with Gasteiger partial charge in [0.2, 0.25) is 5.75 Å². The van der Waals surface area contributed by atoms with Crippen LogP contribution in [0.1, 0.15) is 16.6 Å². The Morgan fingerprint density at radius 1 is 1.11 bits per heavy atom. The Bertz CT molecular complexity index is 518. The van der Waals surface area contributed by atoms with Crippen LogP contribution in [-0.4, -0.2) is 26.3 Å². The summed E-state index contributed by atoms with van der Waals surface area (Å²) in [6.07, 6.45) is 1.73. The molecule has 0 spiro atoms. The summed E-state index contributed by atoms with van der Waals surface area (Å²) in [4.78, 5) is 4.23. The number of hydrogen-bond donors (Lipinski definition) is 1. The van der Waals surface area contributed by atoms with Crippen molar-refractivity contribution in [2.24, 2.45) is 5.73 Å². The Morgan fingerprint density at radius 2 is 1.74 bits per heavy atom. The van der Waals surface area contributed by atoms with Gasteiger partial charge in [0, 0.05) is 11.6 Å². The average molecular weight is 280 g/mol. The lowest BCUT2D eigenvalue weighted by molar-refractivity contribution is 0.323. The monoisotopic (exact) mass is 280 g/mol. The lowest BCUT2D eigenvalue weighted by Crippen LogP contribution is -2.12. The molecule has 102 valence electrons. The van der Waals surface area contributed by atoms with Gasteiger partial charge in [-0.1, -0.05) is 0 Å². The maximum Gasteiger partial charge on any atom is 0.203 e. The van der Waals surface area contributed by atoms with Crippen LogP contribution in [0.5, 0.6) is 17.2 Å². The molecule has 1 unspecified atom stereocenters. The molecule has 19 heavy (non-hydrogen) atoms. The van der Waals surface area contributed by atoms with Crippen LogP contribution >= 0.6 is 11.3 Å². The molecule has 0 aliphatic rings. The minimum atomic E-state index is -0.311. The molecule has 0 fully saturated rings. The maximum absolute atomic E-state index is 6.20. The van der Waals surface area contributed by atoms with Crippen LogP contribution in [0.4, 0.5) is 0 Å². The van der Waals surface area contributed by atoms with Crippen LogP contribution in [0.25, 0.3) is 0 Å². The molecule has 0 radical (unpaired) electrons. The van der Waals surface area contributed by atoms with Crippen molar-refractivity contribution in [3.8, 4) is 17.2 Å². The van der Waals surface area contributed by atoms with Gasteiger partial charge in [-0.15, -0.1) is 11.3 Å². The van der Waals surface area contributed by atoms with Gasteiger partial charge in [-0.2, -0.15) is 0 Å². The van der Waals surface area contributed by atoms with E-state index in [0.29, 0.717) is 17.2 Å². The number of hydrogen-bond acceptors (Lipinski definition) is 6. The largest absolute Gasteiger partial charge is 0.493 e. The van der Waals surface area contributed by atoms with E-state index in [0.717, 1.165) is 10.6 Å². The Balaban J connectivity index is 2.47. The molecule has 0 aliphatic carbocycles. The lowest BCUT2D eigenvalue weighted by Gasteiger charge is -2.16. The zero-order valence-corrected chi connectivity index (χ0v) is 11.9. The van der Waals surface area contributed by atoms with Crippen molar-refractivity contribution in [2.75, 3.05) is 21.3 Å². The van der Waals surface area contributed by atoms with Crippen LogP contribution in [0.2, 0.25) is 0 Å². The van der Waals surface area contributed by atoms with Crippen molar-refractivity contribution < 1.29 is 14.2 Å². The lowest BCUT2D eigenvalue weighted by atomic mass is 10.1. The highest BCUT2D eigenvalue weighted by Gasteiger charge is 2.18. The van der Waals surface area contributed by atoms with E-state index in [9.17, 15) is 0 Å². The van der Waals surface area contributed by atoms with Crippen LogP contribution < -0.4 is 19.9 Å². The first-order chi connectivity index (χ1) is 9.21. The van der Waals surface area contributed by atoms with Crippen molar-refractivity contribution in [1.82, 2.24) is 4.98 Å². The van der Waals surface area contributed by atoms with Gasteiger partial charge in [0.25, 0.3) is 0 Å². The molecule has 1 aromatic heterocycles. The van der Waals surface area contributed by atoms with E-state index in [1.807, 2.05) is 17.5 Å². The van der Waals surface area contributed by atoms with Gasteiger partial charge in [-0.25, -0.2) is 4.98 Å². The quantitative estimate of drug-likeness (QED) is 0.909. The highest BCUT2D eigenvalue weighted by Crippen LogP contribution is 2.40. The topological polar surface area (TPSA) is 66.6 Å². The van der Waals surface area contributed by atoms with Gasteiger partial charge in [-0.05, 0) is 17.7 Å². The zero-order valence-electron chi connectivity index (χ0n) is 11.0. The van der Waals surface area contributed by atoms with Gasteiger partial charge in [0.1, 0.15) is 5.01 Å². The Morgan fingerprint density at radius 3 is 2.16 bits per heavy atom. The minimum Gasteiger partial charge on any atom is -0.493 e. The minimum absolute atomic E-state index is 0.311. The van der Waals surface area contributed by atoms with Crippen LogP contribution in [0, 0.1) is 0 Å². The van der Waals surface area contributed by atoms with E-state index in [1.54, 1.807) is 27.5 Å². The fourth-order valence-electron chi connectivity index (χ4n) is 1.81. The molecule has 0 saturated heterocycles. The summed E-state index contributed by atoms with van der Waals surface area (Å²) in [6, 6.07) is 3.37. The molecular formula is C13H16N2O3S. The third-order valence-electron chi connectivity index (χ3n) is 2.76. The predicted molar refractivity (Wildman–Crippen MR) is 74.2 cm³/mol. The molecule has 0 saturated carbocycles. The standard InChI is InChI=1S/C13H16N2O3S/c1-16-9-6-8(7-10(17-2)12(9)18-3)11(14)13-15-4-5-19-13/h4-7,11H,14H2,1-3H3. The number of nitrogens with zero attached hydrogens (tertiary/aromatic N) is 1. The Labute approximate surface area is 115 Å². The average Bonchev–Trinajstić information content (AvgIpc) is 2.98. The number of rotatable bonds is 5. The first-order valence-corrected chi connectivity index (χ1v) is 6.54. The molecule has 6 heteroatoms. The van der Waals surface area contributed by atoms with Crippen LogP contribution in [-0.2, 0) is 0 Å². The van der Waals surface area contributed by atoms with Gasteiger partial charge < -0.3 is 19.9 Å². The molecule has 0 bridgehead atoms. The SMILES string of the molecule is COc1cc(C(N)c2nccs2)cc(OC)c1OC. The number of ether oxygens (including phenoxy) is 3. The molecule has 2 aromatic rings. The molecule has 0 aliphatic heterocycles. The van der Waals surface area contributed by atoms with Gasteiger partial charge in [0.05, 0.1) is 27.4 Å². The maximum atomic E-state index is 6.20. The third-order valence-corrected chi connectivity index (χ3v) is 3.62. The molecule has 0 amide bonds. The smallest absolute Gasteiger partial charge is 0.203 e. The van der Waals surface area contributed by atoms with E-state index in [4.69, 9.17) is 19.9 Å². The summed E-state index contributed by atoms with van der Waals surface area (Å²) in [5.41, 5.74) is 7.06. The molecule has 5 nitrogen and oxygen atoms in total. The highest BCUT2D eigenvalue weighted by atomic mass is 32.1. The van der Waals surface area contributed by atoms with E-state index < -0.39 is 0 Å². The number of thiazole rings is 1. The fraction of sp³-hybridized carbons (Fsp3) is 0.308. The number of nitrogens with two attached hydrogens (primary N) is 1. The number of benzene rings is 1. The molecule has 1 aromatic carbocycles. The van der Waals surface area contributed by atoms with Gasteiger partial charge in [-0.3, -0.25) is 0 Å². The fourth-order valence-corrected chi connectivity index (χ4v) is 2.48. The normalized spacial score (nSPS) is 12.0. The van der Waals surface area contributed by atoms with E-state index in [2.05, 4.69) is 4.98 Å². The van der Waals surface area contributed by atoms with Crippen molar-refractivity contribution in [2.45, 2.75) is 6.04 Å². The predicted octanol–water partition coefficient (Wildman–Crippen LogP) is 2.22. The van der Waals surface area contributed by atoms with Crippen LogP contribution in [0.3, 0.4) is 0 Å². The molecule has 1 atom stereocenters. The molecular weight excluding hydrogens is 264 g/mol. The molecule has 2 N–H and O–H groups in total. The summed E-state index contributed by atoms with van der Waals surface area (Å²) in [6.45, 7) is 0. The second-order valence-electron chi connectivity index (χ2n) is 3.81. The summed E-state index contributed by atoms with van der Waals surface area (Å²) >= 11 is 1.51. The van der Waals surface area contributed by atoms with Crippen molar-refractivity contribution in [3.05, 3.63) is 34.3 Å². The van der Waals surface area contributed by atoms with Crippen LogP contribution in [0.15, 0.2) is 23.7 Å². The highest BCUT2D eigenvalue weighted by molar-refractivity contribution is 7.09. The third kappa shape index (κ3) is 2.64. The van der Waals surface area contributed by atoms with Crippen molar-refractivity contribution >= 4 is 11.3 Å². The van der Waals surface area contributed by atoms with E-state index in [-0.39, 0.29) is 6.04 Å². The second-order valence-corrected chi connectivity index (χ2v) is 4.73.